The summed E-state index contributed by atoms with van der Waals surface area (Å²) in [5.41, 5.74) is 6.95. The van der Waals surface area contributed by atoms with Crippen LogP contribution in [0, 0.1) is 23.5 Å². The Bertz CT molecular complexity index is 1780. The number of ether oxygens (including phenoxy) is 1. The molecule has 0 bridgehead atoms. The van der Waals surface area contributed by atoms with E-state index in [9.17, 15) is 26.8 Å². The van der Waals surface area contributed by atoms with Crippen LogP contribution in [-0.2, 0) is 22.1 Å². The Labute approximate surface area is 274 Å². The molecular formula is C34H39F2N5O5S. The Hall–Kier alpha value is -4.54. The standard InChI is InChI=1S/C34H39F2N5O5S/c1-5-6-15-41(34(43)38-30-18-27(33(37)42)28(35)19-29(30)36)25-13-16-40(17-14-25)20-24-9-12-31(39-32(24)22(2)3)46-26-10-7-23(8-11-26)21-47(4,44)45/h7-12,18-19,22,25H,13-17,20-21H2,1-4H3,(H2,37,42)(H,38,43). The Morgan fingerprint density at radius 2 is 1.79 bits per heavy atom. The number of benzene rings is 2. The summed E-state index contributed by atoms with van der Waals surface area (Å²) in [6, 6.07) is 11.3. The number of aromatic nitrogens is 1. The van der Waals surface area contributed by atoms with Crippen LogP contribution in [0.2, 0.25) is 0 Å². The third-order valence-electron chi connectivity index (χ3n) is 7.75. The predicted molar refractivity (Wildman–Crippen MR) is 176 cm³/mol. The van der Waals surface area contributed by atoms with Crippen LogP contribution in [0.4, 0.5) is 19.3 Å². The van der Waals surface area contributed by atoms with Crippen LogP contribution >= 0.6 is 0 Å². The molecule has 3 amide bonds. The smallest absolute Gasteiger partial charge is 0.322 e. The first-order chi connectivity index (χ1) is 22.2. The van der Waals surface area contributed by atoms with Crippen molar-refractivity contribution in [2.75, 3.05) is 31.2 Å². The number of nitrogens with two attached hydrogens (primary N) is 1. The van der Waals surface area contributed by atoms with E-state index in [0.29, 0.717) is 55.7 Å². The van der Waals surface area contributed by atoms with Crippen LogP contribution < -0.4 is 15.8 Å². The van der Waals surface area contributed by atoms with Crippen molar-refractivity contribution in [1.29, 1.82) is 0 Å². The van der Waals surface area contributed by atoms with Gasteiger partial charge in [0.05, 0.1) is 29.2 Å². The summed E-state index contributed by atoms with van der Waals surface area (Å²) in [4.78, 5) is 33.4. The zero-order valence-electron chi connectivity index (χ0n) is 26.8. The molecule has 10 nitrogen and oxygen atoms in total. The van der Waals surface area contributed by atoms with Gasteiger partial charge in [-0.25, -0.2) is 27.0 Å². The van der Waals surface area contributed by atoms with E-state index in [2.05, 4.69) is 35.9 Å². The van der Waals surface area contributed by atoms with Gasteiger partial charge in [-0.2, -0.15) is 0 Å². The molecule has 0 saturated carbocycles. The molecule has 2 aromatic carbocycles. The summed E-state index contributed by atoms with van der Waals surface area (Å²) in [6.45, 7) is 7.90. The van der Waals surface area contributed by atoms with Gasteiger partial charge < -0.3 is 20.7 Å². The minimum atomic E-state index is -3.13. The Morgan fingerprint density at radius 1 is 1.11 bits per heavy atom. The maximum absolute atomic E-state index is 14.5. The molecule has 0 radical (unpaired) electrons. The highest BCUT2D eigenvalue weighted by Gasteiger charge is 2.29. The summed E-state index contributed by atoms with van der Waals surface area (Å²) >= 11 is 0. The first kappa shape index (κ1) is 35.3. The Kier molecular flexibility index (Phi) is 11.5. The maximum Gasteiger partial charge on any atom is 0.322 e. The molecule has 0 aliphatic carbocycles. The van der Waals surface area contributed by atoms with E-state index in [1.807, 2.05) is 12.1 Å². The molecule has 1 saturated heterocycles. The number of pyridine rings is 1. The van der Waals surface area contributed by atoms with E-state index in [0.717, 1.165) is 17.3 Å². The van der Waals surface area contributed by atoms with Crippen molar-refractivity contribution in [3.8, 4) is 23.5 Å². The van der Waals surface area contributed by atoms with Crippen molar-refractivity contribution in [1.82, 2.24) is 14.8 Å². The van der Waals surface area contributed by atoms with Crippen LogP contribution in [-0.4, -0.2) is 67.1 Å². The molecular weight excluding hydrogens is 628 g/mol. The number of hydrogen-bond acceptors (Lipinski definition) is 7. The van der Waals surface area contributed by atoms with Gasteiger partial charge in [0, 0.05) is 44.1 Å². The normalized spacial score (nSPS) is 13.9. The molecule has 0 unspecified atom stereocenters. The number of rotatable bonds is 11. The quantitative estimate of drug-likeness (QED) is 0.260. The van der Waals surface area contributed by atoms with E-state index >= 15 is 0 Å². The van der Waals surface area contributed by atoms with E-state index in [1.54, 1.807) is 31.2 Å². The molecule has 1 aliphatic rings. The minimum Gasteiger partial charge on any atom is -0.439 e. The monoisotopic (exact) mass is 667 g/mol. The predicted octanol–water partition coefficient (Wildman–Crippen LogP) is 5.44. The van der Waals surface area contributed by atoms with Gasteiger partial charge in [0.25, 0.3) is 5.91 Å². The number of hydrogen-bond donors (Lipinski definition) is 2. The van der Waals surface area contributed by atoms with Gasteiger partial charge >= 0.3 is 6.03 Å². The number of carbonyl (C=O) groups excluding carboxylic acids is 2. The molecule has 4 rings (SSSR count). The molecule has 1 aromatic heterocycles. The van der Waals surface area contributed by atoms with Crippen molar-refractivity contribution in [2.45, 2.75) is 57.9 Å². The number of amides is 3. The number of halogens is 2. The largest absolute Gasteiger partial charge is 0.439 e. The fourth-order valence-electron chi connectivity index (χ4n) is 5.43. The van der Waals surface area contributed by atoms with Gasteiger partial charge in [0.15, 0.2) is 9.84 Å². The van der Waals surface area contributed by atoms with Crippen molar-refractivity contribution in [2.24, 2.45) is 5.73 Å². The van der Waals surface area contributed by atoms with Gasteiger partial charge in [-0.3, -0.25) is 9.69 Å². The van der Waals surface area contributed by atoms with Gasteiger partial charge in [-0.15, -0.1) is 5.92 Å². The van der Waals surface area contributed by atoms with Crippen molar-refractivity contribution < 1.29 is 31.5 Å². The zero-order chi connectivity index (χ0) is 34.3. The first-order valence-corrected chi connectivity index (χ1v) is 17.2. The number of carbonyl (C=O) groups is 2. The lowest BCUT2D eigenvalue weighted by Crippen LogP contribution is -2.49. The minimum absolute atomic E-state index is 0.0395. The molecule has 13 heteroatoms. The summed E-state index contributed by atoms with van der Waals surface area (Å²) in [6.07, 6.45) is 2.47. The van der Waals surface area contributed by atoms with Gasteiger partial charge in [0.2, 0.25) is 5.88 Å². The number of primary amides is 1. The summed E-state index contributed by atoms with van der Waals surface area (Å²) in [7, 11) is -3.13. The third kappa shape index (κ3) is 9.73. The molecule has 47 heavy (non-hydrogen) atoms. The first-order valence-electron chi connectivity index (χ1n) is 15.2. The number of sulfone groups is 1. The molecule has 2 heterocycles. The second-order valence-electron chi connectivity index (χ2n) is 11.8. The van der Waals surface area contributed by atoms with Crippen LogP contribution in [0.5, 0.6) is 11.6 Å². The van der Waals surface area contributed by atoms with Crippen LogP contribution in [0.3, 0.4) is 0 Å². The van der Waals surface area contributed by atoms with Crippen molar-refractivity contribution in [3.63, 3.8) is 0 Å². The average Bonchev–Trinajstić information content (AvgIpc) is 3.00. The lowest BCUT2D eigenvalue weighted by Gasteiger charge is -2.38. The molecule has 0 atom stereocenters. The Balaban J connectivity index is 1.41. The number of nitrogens with zero attached hydrogens (tertiary/aromatic N) is 3. The van der Waals surface area contributed by atoms with E-state index < -0.39 is 39.0 Å². The average molecular weight is 668 g/mol. The highest BCUT2D eigenvalue weighted by Crippen LogP contribution is 2.28. The topological polar surface area (TPSA) is 135 Å². The third-order valence-corrected chi connectivity index (χ3v) is 8.61. The molecule has 0 spiro atoms. The zero-order valence-corrected chi connectivity index (χ0v) is 27.7. The molecule has 3 aromatic rings. The van der Waals surface area contributed by atoms with E-state index in [-0.39, 0.29) is 29.9 Å². The maximum atomic E-state index is 14.5. The van der Waals surface area contributed by atoms with E-state index in [1.165, 1.54) is 11.2 Å². The number of piperidine rings is 1. The number of urea groups is 1. The molecule has 1 aliphatic heterocycles. The second kappa shape index (κ2) is 15.4. The lowest BCUT2D eigenvalue weighted by atomic mass is 10.00. The van der Waals surface area contributed by atoms with Gasteiger partial charge in [-0.1, -0.05) is 38.0 Å². The molecule has 1 fully saturated rings. The van der Waals surface area contributed by atoms with Gasteiger partial charge in [-0.05, 0) is 55.0 Å². The second-order valence-corrected chi connectivity index (χ2v) is 14.0. The molecule has 3 N–H and O–H groups in total. The Morgan fingerprint density at radius 3 is 2.38 bits per heavy atom. The lowest BCUT2D eigenvalue weighted by molar-refractivity contribution is 0.0996. The highest BCUT2D eigenvalue weighted by molar-refractivity contribution is 7.89. The van der Waals surface area contributed by atoms with Crippen LogP contribution in [0.15, 0.2) is 48.5 Å². The summed E-state index contributed by atoms with van der Waals surface area (Å²) in [5.74, 6) is 3.55. The highest BCUT2D eigenvalue weighted by atomic mass is 32.2. The fraction of sp³-hybridized carbons (Fsp3) is 0.382. The fourth-order valence-corrected chi connectivity index (χ4v) is 6.23. The van der Waals surface area contributed by atoms with Crippen LogP contribution in [0.25, 0.3) is 0 Å². The SMILES string of the molecule is CC#CCN(C(=O)Nc1cc(C(N)=O)c(F)cc1F)C1CCN(Cc2ccc(Oc3ccc(CS(C)(=O)=O)cc3)nc2C(C)C)CC1. The number of likely N-dealkylation sites (tertiary alicyclic amines) is 1. The van der Waals surface area contributed by atoms with Crippen molar-refractivity contribution >= 4 is 27.5 Å². The summed E-state index contributed by atoms with van der Waals surface area (Å²) in [5, 5.41) is 2.46. The van der Waals surface area contributed by atoms with Crippen molar-refractivity contribution in [3.05, 3.63) is 82.5 Å². The van der Waals surface area contributed by atoms with Crippen LogP contribution in [0.1, 0.15) is 66.7 Å². The van der Waals surface area contributed by atoms with E-state index in [4.69, 9.17) is 15.5 Å². The number of nitrogens with one attached hydrogen (secondary N) is 1. The summed E-state index contributed by atoms with van der Waals surface area (Å²) < 4.78 is 57.5. The van der Waals surface area contributed by atoms with Gasteiger partial charge in [0.1, 0.15) is 17.4 Å². The molecule has 250 valence electrons. The number of anilines is 1.